The minimum absolute atomic E-state index is 0.252. The Bertz CT molecular complexity index is 276. The zero-order chi connectivity index (χ0) is 13.8. The highest BCUT2D eigenvalue weighted by atomic mass is 32.2. The largest absolute Gasteiger partial charge is 0.466 e. The number of thioether (sulfide) groups is 1. The molecule has 0 fully saturated rings. The van der Waals surface area contributed by atoms with E-state index >= 15 is 0 Å². The third-order valence-corrected chi connectivity index (χ3v) is 3.27. The fourth-order valence-electron chi connectivity index (χ4n) is 1.33. The van der Waals surface area contributed by atoms with Crippen molar-refractivity contribution in [3.05, 3.63) is 11.5 Å². The standard InChI is InChI=1S/C13H22O4S/c1-4-6-12(7-9-17-11(3)14)18-10-8-13(15)16-5-2/h8,10,12H,4-7,9H2,1-3H3/b10-8+. The van der Waals surface area contributed by atoms with E-state index in [1.54, 1.807) is 24.1 Å². The van der Waals surface area contributed by atoms with Crippen molar-refractivity contribution >= 4 is 23.7 Å². The zero-order valence-electron chi connectivity index (χ0n) is 11.3. The summed E-state index contributed by atoms with van der Waals surface area (Å²) in [7, 11) is 0. The van der Waals surface area contributed by atoms with Crippen LogP contribution in [0.5, 0.6) is 0 Å². The molecule has 0 spiro atoms. The zero-order valence-corrected chi connectivity index (χ0v) is 12.1. The average molecular weight is 274 g/mol. The van der Waals surface area contributed by atoms with E-state index in [0.29, 0.717) is 18.5 Å². The third kappa shape index (κ3) is 10.2. The van der Waals surface area contributed by atoms with Crippen LogP contribution in [-0.2, 0) is 19.1 Å². The van der Waals surface area contributed by atoms with Crippen LogP contribution < -0.4 is 0 Å². The van der Waals surface area contributed by atoms with Crippen LogP contribution in [0.2, 0.25) is 0 Å². The molecule has 0 aromatic rings. The summed E-state index contributed by atoms with van der Waals surface area (Å²) >= 11 is 1.58. The van der Waals surface area contributed by atoms with Gasteiger partial charge in [0.25, 0.3) is 0 Å². The maximum absolute atomic E-state index is 11.1. The van der Waals surface area contributed by atoms with Crippen molar-refractivity contribution in [2.75, 3.05) is 13.2 Å². The molecule has 104 valence electrons. The van der Waals surface area contributed by atoms with E-state index in [0.717, 1.165) is 19.3 Å². The minimum atomic E-state index is -0.319. The van der Waals surface area contributed by atoms with Crippen LogP contribution in [0.15, 0.2) is 11.5 Å². The minimum Gasteiger partial charge on any atom is -0.466 e. The summed E-state index contributed by atoms with van der Waals surface area (Å²) in [5.41, 5.74) is 0. The predicted molar refractivity (Wildman–Crippen MR) is 73.3 cm³/mol. The molecule has 0 saturated carbocycles. The Morgan fingerprint density at radius 3 is 2.50 bits per heavy atom. The van der Waals surface area contributed by atoms with Gasteiger partial charge in [-0.1, -0.05) is 13.3 Å². The number of carbonyl (C=O) groups excluding carboxylic acids is 2. The molecule has 0 aromatic carbocycles. The molecule has 0 aliphatic heterocycles. The van der Waals surface area contributed by atoms with E-state index in [1.165, 1.54) is 13.0 Å². The van der Waals surface area contributed by atoms with E-state index < -0.39 is 0 Å². The quantitative estimate of drug-likeness (QED) is 0.478. The molecule has 0 N–H and O–H groups in total. The Balaban J connectivity index is 3.95. The van der Waals surface area contributed by atoms with Gasteiger partial charge in [-0.05, 0) is 25.2 Å². The monoisotopic (exact) mass is 274 g/mol. The van der Waals surface area contributed by atoms with Gasteiger partial charge in [-0.15, -0.1) is 11.8 Å². The molecular formula is C13H22O4S. The number of hydrogen-bond donors (Lipinski definition) is 0. The molecule has 0 bridgehead atoms. The summed E-state index contributed by atoms with van der Waals surface area (Å²) < 4.78 is 9.70. The first-order valence-electron chi connectivity index (χ1n) is 6.22. The van der Waals surface area contributed by atoms with Gasteiger partial charge in [0.1, 0.15) is 0 Å². The second kappa shape index (κ2) is 11.1. The van der Waals surface area contributed by atoms with E-state index in [9.17, 15) is 9.59 Å². The normalized spacial score (nSPS) is 12.4. The van der Waals surface area contributed by atoms with Crippen LogP contribution >= 0.6 is 11.8 Å². The Labute approximate surface area is 113 Å². The van der Waals surface area contributed by atoms with E-state index in [1.807, 2.05) is 0 Å². The lowest BCUT2D eigenvalue weighted by Crippen LogP contribution is -2.09. The van der Waals surface area contributed by atoms with Crippen molar-refractivity contribution in [3.63, 3.8) is 0 Å². The van der Waals surface area contributed by atoms with Crippen molar-refractivity contribution in [1.82, 2.24) is 0 Å². The summed E-state index contributed by atoms with van der Waals surface area (Å²) in [6.07, 6.45) is 4.32. The topological polar surface area (TPSA) is 52.6 Å². The molecule has 1 unspecified atom stereocenters. The molecule has 18 heavy (non-hydrogen) atoms. The summed E-state index contributed by atoms with van der Waals surface area (Å²) in [6.45, 7) is 6.11. The molecule has 0 saturated heterocycles. The molecule has 0 rings (SSSR count). The molecular weight excluding hydrogens is 252 g/mol. The SMILES string of the molecule is CCCC(CCOC(C)=O)S/C=C/C(=O)OCC. The predicted octanol–water partition coefficient (Wildman–Crippen LogP) is 2.92. The molecule has 1 atom stereocenters. The maximum Gasteiger partial charge on any atom is 0.331 e. The number of ether oxygens (including phenoxy) is 2. The van der Waals surface area contributed by atoms with Gasteiger partial charge in [0.15, 0.2) is 0 Å². The van der Waals surface area contributed by atoms with E-state index in [2.05, 4.69) is 6.92 Å². The van der Waals surface area contributed by atoms with Gasteiger partial charge >= 0.3 is 11.9 Å². The van der Waals surface area contributed by atoms with E-state index in [4.69, 9.17) is 9.47 Å². The lowest BCUT2D eigenvalue weighted by molar-refractivity contribution is -0.141. The lowest BCUT2D eigenvalue weighted by Gasteiger charge is -2.12. The van der Waals surface area contributed by atoms with Gasteiger partial charge in [-0.25, -0.2) is 4.79 Å². The molecule has 0 amide bonds. The van der Waals surface area contributed by atoms with Crippen molar-refractivity contribution < 1.29 is 19.1 Å². The molecule has 5 heteroatoms. The highest BCUT2D eigenvalue weighted by molar-refractivity contribution is 8.02. The molecule has 4 nitrogen and oxygen atoms in total. The molecule has 0 radical (unpaired) electrons. The van der Waals surface area contributed by atoms with Crippen LogP contribution in [0.1, 0.15) is 40.0 Å². The van der Waals surface area contributed by atoms with Gasteiger partial charge in [0.05, 0.1) is 13.2 Å². The fourth-order valence-corrected chi connectivity index (χ4v) is 2.35. The highest BCUT2D eigenvalue weighted by Crippen LogP contribution is 2.21. The van der Waals surface area contributed by atoms with Gasteiger partial charge in [-0.3, -0.25) is 4.79 Å². The summed E-state index contributed by atoms with van der Waals surface area (Å²) in [6, 6.07) is 0. The number of carbonyl (C=O) groups is 2. The first-order chi connectivity index (χ1) is 8.60. The van der Waals surface area contributed by atoms with E-state index in [-0.39, 0.29) is 11.9 Å². The van der Waals surface area contributed by atoms with Gasteiger partial charge in [0.2, 0.25) is 0 Å². The van der Waals surface area contributed by atoms with Crippen LogP contribution in [0.25, 0.3) is 0 Å². The van der Waals surface area contributed by atoms with Gasteiger partial charge in [0, 0.05) is 18.2 Å². The Morgan fingerprint density at radius 1 is 1.22 bits per heavy atom. The second-order valence-electron chi connectivity index (χ2n) is 3.73. The summed E-state index contributed by atoms with van der Waals surface area (Å²) in [5.74, 6) is -0.572. The Kier molecular flexibility index (Phi) is 10.5. The van der Waals surface area contributed by atoms with Crippen LogP contribution in [0.4, 0.5) is 0 Å². The Morgan fingerprint density at radius 2 is 1.94 bits per heavy atom. The lowest BCUT2D eigenvalue weighted by atomic mass is 10.2. The molecule has 0 aliphatic carbocycles. The fraction of sp³-hybridized carbons (Fsp3) is 0.692. The van der Waals surface area contributed by atoms with Crippen LogP contribution in [0.3, 0.4) is 0 Å². The number of esters is 2. The number of rotatable bonds is 9. The van der Waals surface area contributed by atoms with Crippen molar-refractivity contribution in [3.8, 4) is 0 Å². The maximum atomic E-state index is 11.1. The van der Waals surface area contributed by atoms with Crippen LogP contribution in [-0.4, -0.2) is 30.4 Å². The van der Waals surface area contributed by atoms with Crippen LogP contribution in [0, 0.1) is 0 Å². The first-order valence-corrected chi connectivity index (χ1v) is 7.16. The van der Waals surface area contributed by atoms with Crippen molar-refractivity contribution in [2.24, 2.45) is 0 Å². The van der Waals surface area contributed by atoms with Crippen molar-refractivity contribution in [2.45, 2.75) is 45.3 Å². The summed E-state index contributed by atoms with van der Waals surface area (Å²) in [4.78, 5) is 21.7. The smallest absolute Gasteiger partial charge is 0.331 e. The Hall–Kier alpha value is -0.970. The molecule has 0 heterocycles. The second-order valence-corrected chi connectivity index (χ2v) is 4.94. The van der Waals surface area contributed by atoms with Gasteiger partial charge in [-0.2, -0.15) is 0 Å². The third-order valence-electron chi connectivity index (χ3n) is 2.12. The summed E-state index contributed by atoms with van der Waals surface area (Å²) in [5, 5.41) is 2.12. The average Bonchev–Trinajstić information content (AvgIpc) is 2.29. The number of hydrogen-bond acceptors (Lipinski definition) is 5. The van der Waals surface area contributed by atoms with Crippen molar-refractivity contribution in [1.29, 1.82) is 0 Å². The van der Waals surface area contributed by atoms with Gasteiger partial charge < -0.3 is 9.47 Å². The molecule has 0 aliphatic rings. The first kappa shape index (κ1) is 17.0. The molecule has 0 aromatic heterocycles. The highest BCUT2D eigenvalue weighted by Gasteiger charge is 2.08.